The number of aromatic nitrogens is 1. The Hall–Kier alpha value is -3.86. The summed E-state index contributed by atoms with van der Waals surface area (Å²) in [5.74, 6) is 1.21. The third-order valence-electron chi connectivity index (χ3n) is 6.94. The summed E-state index contributed by atoms with van der Waals surface area (Å²) >= 11 is 11.2. The number of thiazole rings is 1. The minimum atomic E-state index is -0.721. The number of methoxy groups -OCH3 is 1. The number of fused-ring (bicyclic) bond motifs is 1. The Morgan fingerprint density at radius 2 is 1.80 bits per heavy atom. The summed E-state index contributed by atoms with van der Waals surface area (Å²) in [5.41, 5.74) is 2.82. The summed E-state index contributed by atoms with van der Waals surface area (Å²) in [4.78, 5) is 32.3. The van der Waals surface area contributed by atoms with Crippen molar-refractivity contribution in [2.24, 2.45) is 4.99 Å². The summed E-state index contributed by atoms with van der Waals surface area (Å²) in [6.45, 7) is 6.27. The van der Waals surface area contributed by atoms with Crippen molar-refractivity contribution in [3.8, 4) is 17.2 Å². The van der Waals surface area contributed by atoms with Crippen LogP contribution in [0.3, 0.4) is 0 Å². The van der Waals surface area contributed by atoms with E-state index in [1.54, 1.807) is 43.7 Å². The second kappa shape index (κ2) is 13.8. The highest BCUT2D eigenvalue weighted by Crippen LogP contribution is 2.36. The highest BCUT2D eigenvalue weighted by atomic mass is 79.9. The zero-order valence-corrected chi connectivity index (χ0v) is 27.7. The van der Waals surface area contributed by atoms with Gasteiger partial charge in [0, 0.05) is 15.1 Å². The van der Waals surface area contributed by atoms with Gasteiger partial charge in [-0.15, -0.1) is 0 Å². The fraction of sp³-hybridized carbons (Fsp3) is 0.242. The fourth-order valence-electron chi connectivity index (χ4n) is 4.85. The number of nitrogens with zero attached hydrogens (tertiary/aromatic N) is 2. The number of esters is 1. The van der Waals surface area contributed by atoms with Crippen LogP contribution >= 0.6 is 38.9 Å². The quantitative estimate of drug-likeness (QED) is 0.184. The Morgan fingerprint density at radius 3 is 2.48 bits per heavy atom. The van der Waals surface area contributed by atoms with E-state index in [1.165, 1.54) is 11.3 Å². The summed E-state index contributed by atoms with van der Waals surface area (Å²) in [6.07, 6.45) is 1.78. The van der Waals surface area contributed by atoms with E-state index >= 15 is 0 Å². The van der Waals surface area contributed by atoms with Crippen LogP contribution < -0.4 is 29.1 Å². The Bertz CT molecular complexity index is 1920. The molecule has 0 radical (unpaired) electrons. The summed E-state index contributed by atoms with van der Waals surface area (Å²) in [7, 11) is 1.58. The van der Waals surface area contributed by atoms with Gasteiger partial charge in [-0.2, -0.15) is 0 Å². The first-order valence-electron chi connectivity index (χ1n) is 13.9. The number of hydrogen-bond acceptors (Lipinski definition) is 8. The van der Waals surface area contributed by atoms with Crippen LogP contribution in [-0.4, -0.2) is 30.9 Å². The van der Waals surface area contributed by atoms with Gasteiger partial charge >= 0.3 is 5.97 Å². The molecule has 1 atom stereocenters. The molecule has 228 valence electrons. The second-order valence-corrected chi connectivity index (χ2v) is 12.0. The minimum absolute atomic E-state index is 0.198. The molecule has 0 bridgehead atoms. The predicted octanol–water partition coefficient (Wildman–Crippen LogP) is 6.20. The molecule has 0 unspecified atom stereocenters. The SMILES string of the molecule is CCOC(=O)C1=C(C)N=c2s/c(=C\c3cc(OCC)c(OCc4ccccc4Cl)cc3Br)c(=O)n2[C@H]1c1ccc(OC)cc1. The first-order chi connectivity index (χ1) is 21.2. The predicted molar refractivity (Wildman–Crippen MR) is 174 cm³/mol. The molecule has 0 aliphatic carbocycles. The molecule has 2 heterocycles. The van der Waals surface area contributed by atoms with Crippen LogP contribution in [0.15, 0.2) is 86.2 Å². The van der Waals surface area contributed by atoms with E-state index in [9.17, 15) is 9.59 Å². The first kappa shape index (κ1) is 31.6. The Balaban J connectivity index is 1.59. The Kier molecular flexibility index (Phi) is 9.93. The average Bonchev–Trinajstić information content (AvgIpc) is 3.32. The van der Waals surface area contributed by atoms with Gasteiger partial charge in [0.25, 0.3) is 5.56 Å². The van der Waals surface area contributed by atoms with Gasteiger partial charge in [-0.05, 0) is 68.3 Å². The van der Waals surface area contributed by atoms with E-state index in [-0.39, 0.29) is 18.8 Å². The van der Waals surface area contributed by atoms with Crippen molar-refractivity contribution in [3.05, 3.63) is 118 Å². The van der Waals surface area contributed by atoms with Crippen molar-refractivity contribution < 1.29 is 23.7 Å². The van der Waals surface area contributed by atoms with Crippen molar-refractivity contribution >= 4 is 50.9 Å². The lowest BCUT2D eigenvalue weighted by Crippen LogP contribution is -2.39. The van der Waals surface area contributed by atoms with E-state index < -0.39 is 12.0 Å². The van der Waals surface area contributed by atoms with Crippen LogP contribution in [0, 0.1) is 0 Å². The lowest BCUT2D eigenvalue weighted by atomic mass is 9.96. The van der Waals surface area contributed by atoms with Crippen LogP contribution in [0.2, 0.25) is 5.02 Å². The second-order valence-electron chi connectivity index (χ2n) is 9.71. The molecule has 0 spiro atoms. The van der Waals surface area contributed by atoms with Crippen LogP contribution in [0.4, 0.5) is 0 Å². The van der Waals surface area contributed by atoms with Crippen LogP contribution in [0.25, 0.3) is 6.08 Å². The molecule has 1 aliphatic heterocycles. The number of benzene rings is 3. The first-order valence-corrected chi connectivity index (χ1v) is 15.9. The average molecular weight is 698 g/mol. The smallest absolute Gasteiger partial charge is 0.338 e. The summed E-state index contributed by atoms with van der Waals surface area (Å²) in [6, 6.07) is 17.7. The van der Waals surface area contributed by atoms with Crippen molar-refractivity contribution in [1.29, 1.82) is 0 Å². The number of carbonyl (C=O) groups is 1. The van der Waals surface area contributed by atoms with E-state index in [0.29, 0.717) is 59.5 Å². The molecule has 0 saturated heterocycles. The van der Waals surface area contributed by atoms with E-state index in [1.807, 2.05) is 55.5 Å². The standard InChI is InChI=1S/C33H30BrClN2O6S/c1-5-41-26-15-22(24(34)17-27(26)43-18-21-9-7-8-10-25(21)35)16-28-31(38)37-30(20-11-13-23(40-4)14-12-20)29(32(39)42-6-2)19(3)36-33(37)44-28/h7-17,30H,5-6,18H2,1-4H3/b28-16-/t30-/m0/s1. The van der Waals surface area contributed by atoms with Gasteiger partial charge in [0.05, 0.1) is 42.2 Å². The fourth-order valence-corrected chi connectivity index (χ4v) is 6.51. The molecule has 5 rings (SSSR count). The molecule has 44 heavy (non-hydrogen) atoms. The number of hydrogen-bond donors (Lipinski definition) is 0. The van der Waals surface area contributed by atoms with Gasteiger partial charge in [0.2, 0.25) is 0 Å². The van der Waals surface area contributed by atoms with Crippen molar-refractivity contribution in [1.82, 2.24) is 4.57 Å². The van der Waals surface area contributed by atoms with Crippen LogP contribution in [-0.2, 0) is 16.1 Å². The summed E-state index contributed by atoms with van der Waals surface area (Å²) in [5, 5.41) is 0.616. The highest BCUT2D eigenvalue weighted by Gasteiger charge is 2.33. The Labute approximate surface area is 272 Å². The maximum atomic E-state index is 14.0. The number of ether oxygens (including phenoxy) is 4. The number of allylic oxidation sites excluding steroid dienone is 1. The molecule has 4 aromatic rings. The van der Waals surface area contributed by atoms with Crippen LogP contribution in [0.5, 0.6) is 17.2 Å². The molecule has 1 aromatic heterocycles. The third kappa shape index (κ3) is 6.47. The number of carbonyl (C=O) groups excluding carboxylic acids is 1. The topological polar surface area (TPSA) is 88.4 Å². The molecule has 0 saturated carbocycles. The lowest BCUT2D eigenvalue weighted by molar-refractivity contribution is -0.139. The molecule has 1 aliphatic rings. The van der Waals surface area contributed by atoms with Gasteiger partial charge in [-0.1, -0.05) is 69.2 Å². The molecule has 0 fully saturated rings. The zero-order chi connectivity index (χ0) is 31.4. The van der Waals surface area contributed by atoms with Gasteiger partial charge < -0.3 is 18.9 Å². The Morgan fingerprint density at radius 1 is 1.07 bits per heavy atom. The molecule has 11 heteroatoms. The van der Waals surface area contributed by atoms with Gasteiger partial charge in [-0.3, -0.25) is 9.36 Å². The van der Waals surface area contributed by atoms with Gasteiger partial charge in [0.15, 0.2) is 16.3 Å². The van der Waals surface area contributed by atoms with Gasteiger partial charge in [-0.25, -0.2) is 9.79 Å². The number of halogens is 2. The molecule has 0 N–H and O–H groups in total. The normalized spacial score (nSPS) is 14.6. The molecular formula is C33H30BrClN2O6S. The largest absolute Gasteiger partial charge is 0.497 e. The zero-order valence-electron chi connectivity index (χ0n) is 24.6. The molecule has 0 amide bonds. The maximum Gasteiger partial charge on any atom is 0.338 e. The van der Waals surface area contributed by atoms with E-state index in [4.69, 9.17) is 30.5 Å². The molecule has 3 aromatic carbocycles. The van der Waals surface area contributed by atoms with E-state index in [0.717, 1.165) is 11.1 Å². The molecular weight excluding hydrogens is 668 g/mol. The molecule has 8 nitrogen and oxygen atoms in total. The monoisotopic (exact) mass is 696 g/mol. The van der Waals surface area contributed by atoms with Crippen LogP contribution in [0.1, 0.15) is 43.5 Å². The summed E-state index contributed by atoms with van der Waals surface area (Å²) < 4.78 is 25.4. The van der Waals surface area contributed by atoms with Gasteiger partial charge in [0.1, 0.15) is 12.4 Å². The highest BCUT2D eigenvalue weighted by molar-refractivity contribution is 9.10. The van der Waals surface area contributed by atoms with Crippen molar-refractivity contribution in [2.45, 2.75) is 33.4 Å². The van der Waals surface area contributed by atoms with E-state index in [2.05, 4.69) is 20.9 Å². The maximum absolute atomic E-state index is 14.0. The number of rotatable bonds is 10. The van der Waals surface area contributed by atoms with Crippen molar-refractivity contribution in [2.75, 3.05) is 20.3 Å². The minimum Gasteiger partial charge on any atom is -0.497 e. The lowest BCUT2D eigenvalue weighted by Gasteiger charge is -2.24. The van der Waals surface area contributed by atoms with Crippen molar-refractivity contribution in [3.63, 3.8) is 0 Å². The third-order valence-corrected chi connectivity index (χ3v) is 8.98.